The smallest absolute Gasteiger partial charge is 0.0881 e. The number of hydrogen-bond acceptors (Lipinski definition) is 4. The van der Waals surface area contributed by atoms with E-state index in [-0.39, 0.29) is 6.32 Å². The van der Waals surface area contributed by atoms with Gasteiger partial charge >= 0.3 is 0 Å². The van der Waals surface area contributed by atoms with E-state index in [1.165, 1.54) is 5.01 Å². The summed E-state index contributed by atoms with van der Waals surface area (Å²) in [6.07, 6.45) is 0.273. The molecule has 0 aliphatic carbocycles. The minimum atomic E-state index is 0.273. The quantitative estimate of drug-likeness (QED) is 0.496. The minimum Gasteiger partial charge on any atom is -0.396 e. The molecule has 0 unspecified atom stereocenters. The van der Waals surface area contributed by atoms with Gasteiger partial charge in [-0.25, -0.2) is 5.84 Å². The van der Waals surface area contributed by atoms with Crippen molar-refractivity contribution in [2.45, 2.75) is 13.2 Å². The lowest BCUT2D eigenvalue weighted by molar-refractivity contribution is 0.443. The Morgan fingerprint density at radius 2 is 2.19 bits per heavy atom. The van der Waals surface area contributed by atoms with Crippen molar-refractivity contribution in [1.82, 2.24) is 9.99 Å². The number of aryl methyl sites for hydroxylation is 1. The third kappa shape index (κ3) is 2.77. The first-order valence-electron chi connectivity index (χ1n) is 4.78. The predicted molar refractivity (Wildman–Crippen MR) is 70.3 cm³/mol. The molecule has 0 atom stereocenters. The molecule has 0 saturated heterocycles. The third-order valence-corrected chi connectivity index (χ3v) is 3.07. The van der Waals surface area contributed by atoms with Crippen LogP contribution in [-0.2, 0) is 0 Å². The number of hydrazine groups is 1. The summed E-state index contributed by atoms with van der Waals surface area (Å²) >= 11 is 3.38. The van der Waals surface area contributed by atoms with Gasteiger partial charge in [-0.3, -0.25) is 4.98 Å². The number of hydrogen-bond donors (Lipinski definition) is 2. The summed E-state index contributed by atoms with van der Waals surface area (Å²) in [5.74, 6) is 5.63. The Bertz CT molecular complexity index is 417. The summed E-state index contributed by atoms with van der Waals surface area (Å²) in [6, 6.07) is 3.72. The van der Waals surface area contributed by atoms with Crippen molar-refractivity contribution in [3.63, 3.8) is 0 Å². The van der Waals surface area contributed by atoms with E-state index < -0.39 is 0 Å². The fourth-order valence-corrected chi connectivity index (χ4v) is 1.51. The van der Waals surface area contributed by atoms with Gasteiger partial charge in [-0.15, -0.1) is 0 Å². The highest BCUT2D eigenvalue weighted by molar-refractivity contribution is 9.10. The van der Waals surface area contributed by atoms with Crippen molar-refractivity contribution >= 4 is 29.5 Å². The molecule has 0 amide bonds. The highest BCUT2D eigenvalue weighted by Crippen LogP contribution is 2.19. The van der Waals surface area contributed by atoms with Crippen LogP contribution in [0.4, 0.5) is 0 Å². The molecule has 16 heavy (non-hydrogen) atoms. The van der Waals surface area contributed by atoms with Crippen molar-refractivity contribution in [2.24, 2.45) is 11.6 Å². The second-order valence-electron chi connectivity index (χ2n) is 3.44. The molecule has 1 heterocycles. The monoisotopic (exact) mass is 280 g/mol. The van der Waals surface area contributed by atoms with E-state index in [1.807, 2.05) is 19.1 Å². The fraction of sp³-hybridized carbons (Fsp3) is 0.300. The van der Waals surface area contributed by atoms with E-state index in [0.29, 0.717) is 17.1 Å². The molecule has 0 bridgehead atoms. The topological polar surface area (TPSA) is 68.2 Å². The Balaban J connectivity index is 3.21. The molecule has 0 saturated carbocycles. The second-order valence-corrected chi connectivity index (χ2v) is 4.29. The second kappa shape index (κ2) is 5.36. The summed E-state index contributed by atoms with van der Waals surface area (Å²) in [5.41, 5.74) is 8.68. The molecule has 4 nitrogen and oxygen atoms in total. The lowest BCUT2D eigenvalue weighted by Gasteiger charge is -2.18. The van der Waals surface area contributed by atoms with Crippen LogP contribution in [0.25, 0.3) is 5.70 Å². The van der Waals surface area contributed by atoms with Crippen molar-refractivity contribution in [3.05, 3.63) is 33.7 Å². The number of allylic oxidation sites excluding steroid dienone is 1. The fourth-order valence-electron chi connectivity index (χ4n) is 1.29. The predicted octanol–water partition coefficient (Wildman–Crippen LogP) is 1.17. The molecule has 1 rings (SSSR count). The first-order chi connectivity index (χ1) is 7.47. The van der Waals surface area contributed by atoms with Gasteiger partial charge in [0.1, 0.15) is 0 Å². The molecular weight excluding hydrogens is 267 g/mol. The standard InChI is InChI=1S/C10H14BBrN4/c1-6-7(12)3-4-8(15-6)10(13)9(5-11)16(2)14/h3-4H,5,13-14H2,1-2H3/b10-9-. The van der Waals surface area contributed by atoms with Gasteiger partial charge in [-0.2, -0.15) is 0 Å². The maximum Gasteiger partial charge on any atom is 0.0881 e. The zero-order valence-corrected chi connectivity index (χ0v) is 11.0. The Kier molecular flexibility index (Phi) is 4.38. The Hall–Kier alpha value is -1.01. The average Bonchev–Trinajstić information content (AvgIpc) is 2.22. The molecule has 0 fully saturated rings. The Morgan fingerprint density at radius 3 is 2.62 bits per heavy atom. The van der Waals surface area contributed by atoms with Crippen LogP contribution < -0.4 is 11.6 Å². The van der Waals surface area contributed by atoms with E-state index in [9.17, 15) is 0 Å². The van der Waals surface area contributed by atoms with E-state index in [0.717, 1.165) is 10.2 Å². The Morgan fingerprint density at radius 1 is 1.56 bits per heavy atom. The molecule has 0 aromatic carbocycles. The summed E-state index contributed by atoms with van der Waals surface area (Å²) in [6.45, 7) is 1.90. The van der Waals surface area contributed by atoms with Gasteiger partial charge in [0.2, 0.25) is 0 Å². The highest BCUT2D eigenvalue weighted by atomic mass is 79.9. The van der Waals surface area contributed by atoms with Crippen LogP contribution in [0.3, 0.4) is 0 Å². The van der Waals surface area contributed by atoms with Crippen molar-refractivity contribution in [1.29, 1.82) is 0 Å². The number of nitrogens with two attached hydrogens (primary N) is 2. The molecular formula is C10H14BBrN4. The van der Waals surface area contributed by atoms with Gasteiger partial charge < -0.3 is 10.7 Å². The van der Waals surface area contributed by atoms with Gasteiger partial charge in [0.05, 0.1) is 24.9 Å². The van der Waals surface area contributed by atoms with E-state index in [4.69, 9.17) is 19.4 Å². The molecule has 0 aliphatic heterocycles. The molecule has 84 valence electrons. The van der Waals surface area contributed by atoms with Crippen LogP contribution in [0.2, 0.25) is 6.32 Å². The number of rotatable bonds is 3. The van der Waals surface area contributed by atoms with Crippen LogP contribution in [0.15, 0.2) is 22.3 Å². The first-order valence-corrected chi connectivity index (χ1v) is 5.57. The molecule has 1 aromatic rings. The van der Waals surface area contributed by atoms with Gasteiger partial charge in [0.15, 0.2) is 0 Å². The molecule has 0 spiro atoms. The summed E-state index contributed by atoms with van der Waals surface area (Å²) < 4.78 is 0.944. The molecule has 0 aliphatic rings. The number of aromatic nitrogens is 1. The van der Waals surface area contributed by atoms with Crippen LogP contribution >= 0.6 is 15.9 Å². The summed E-state index contributed by atoms with van der Waals surface area (Å²) in [5, 5.41) is 1.41. The van der Waals surface area contributed by atoms with Gasteiger partial charge in [-0.05, 0) is 41.3 Å². The van der Waals surface area contributed by atoms with Crippen LogP contribution in [0, 0.1) is 6.92 Å². The zero-order valence-electron chi connectivity index (χ0n) is 9.37. The first kappa shape index (κ1) is 13.1. The molecule has 1 aromatic heterocycles. The zero-order chi connectivity index (χ0) is 12.3. The maximum absolute atomic E-state index is 5.97. The van der Waals surface area contributed by atoms with Crippen molar-refractivity contribution < 1.29 is 0 Å². The largest absolute Gasteiger partial charge is 0.396 e. The normalized spacial score (nSPS) is 12.2. The average molecular weight is 281 g/mol. The molecule has 4 N–H and O–H groups in total. The van der Waals surface area contributed by atoms with Gasteiger partial charge in [0, 0.05) is 17.2 Å². The van der Waals surface area contributed by atoms with Crippen LogP contribution in [-0.4, -0.2) is 24.9 Å². The summed E-state index contributed by atoms with van der Waals surface area (Å²) in [4.78, 5) is 4.36. The summed E-state index contributed by atoms with van der Waals surface area (Å²) in [7, 11) is 7.28. The maximum atomic E-state index is 5.97. The number of nitrogens with zero attached hydrogens (tertiary/aromatic N) is 2. The lowest BCUT2D eigenvalue weighted by atomic mass is 9.99. The SMILES string of the molecule is [B]C/C(=C(/N)c1ccc(Br)c(C)n1)N(C)N. The van der Waals surface area contributed by atoms with E-state index in [2.05, 4.69) is 20.9 Å². The van der Waals surface area contributed by atoms with Crippen LogP contribution in [0.5, 0.6) is 0 Å². The van der Waals surface area contributed by atoms with Gasteiger partial charge in [0.25, 0.3) is 0 Å². The number of pyridine rings is 1. The highest BCUT2D eigenvalue weighted by Gasteiger charge is 2.08. The minimum absolute atomic E-state index is 0.273. The van der Waals surface area contributed by atoms with E-state index >= 15 is 0 Å². The molecule has 2 radical (unpaired) electrons. The van der Waals surface area contributed by atoms with E-state index in [1.54, 1.807) is 7.05 Å². The van der Waals surface area contributed by atoms with Crippen molar-refractivity contribution in [3.8, 4) is 0 Å². The third-order valence-electron chi connectivity index (χ3n) is 2.23. The number of halogens is 1. The van der Waals surface area contributed by atoms with Gasteiger partial charge in [-0.1, -0.05) is 0 Å². The van der Waals surface area contributed by atoms with Crippen molar-refractivity contribution in [2.75, 3.05) is 7.05 Å². The Labute approximate surface area is 105 Å². The molecule has 6 heteroatoms. The van der Waals surface area contributed by atoms with Crippen LogP contribution in [0.1, 0.15) is 11.4 Å². The lowest BCUT2D eigenvalue weighted by Crippen LogP contribution is -2.27.